The van der Waals surface area contributed by atoms with Gasteiger partial charge in [0.2, 0.25) is 0 Å². The number of nitrogens with zero attached hydrogens (tertiary/aromatic N) is 1. The Balaban J connectivity index is 3.02. The molecule has 20 heavy (non-hydrogen) atoms. The Morgan fingerprint density at radius 1 is 0.900 bits per heavy atom. The molecule has 0 radical (unpaired) electrons. The Labute approximate surface area is 124 Å². The second-order valence-electron chi connectivity index (χ2n) is 5.45. The molecule has 0 amide bonds. The molecule has 0 aliphatic rings. The number of aromatic nitrogens is 1. The first-order valence-electron chi connectivity index (χ1n) is 6.72. The van der Waals surface area contributed by atoms with Gasteiger partial charge < -0.3 is 5.21 Å². The van der Waals surface area contributed by atoms with Gasteiger partial charge in [-0.1, -0.05) is 11.6 Å². The smallest absolute Gasteiger partial charge is 0.131 e. The summed E-state index contributed by atoms with van der Waals surface area (Å²) in [6.45, 7) is 12.4. The summed E-state index contributed by atoms with van der Waals surface area (Å²) in [5.74, 6) is 0. The fraction of sp³-hybridized carbons (Fsp3) is 0.438. The molecule has 1 unspecified atom stereocenters. The number of hydroxylamine groups is 1. The lowest BCUT2D eigenvalue weighted by molar-refractivity contribution is 0.155. The topological polar surface area (TPSA) is 45.2 Å². The normalized spacial score (nSPS) is 13.0. The molecular weight excluding hydrogens is 272 g/mol. The van der Waals surface area contributed by atoms with Gasteiger partial charge in [0.15, 0.2) is 0 Å². The number of pyridine rings is 1. The van der Waals surface area contributed by atoms with Gasteiger partial charge in [0.1, 0.15) is 5.50 Å². The molecule has 1 aromatic carbocycles. The molecule has 4 heteroatoms. The molecule has 0 aliphatic carbocycles. The maximum absolute atomic E-state index is 9.17. The van der Waals surface area contributed by atoms with E-state index in [1.54, 1.807) is 0 Å². The van der Waals surface area contributed by atoms with Crippen LogP contribution >= 0.6 is 11.6 Å². The zero-order chi connectivity index (χ0) is 15.2. The van der Waals surface area contributed by atoms with Crippen LogP contribution in [-0.4, -0.2) is 10.2 Å². The minimum atomic E-state index is -0.612. The predicted octanol–water partition coefficient (Wildman–Crippen LogP) is 4.30. The van der Waals surface area contributed by atoms with Crippen molar-refractivity contribution >= 4 is 22.5 Å². The average Bonchev–Trinajstić information content (AvgIpc) is 2.41. The number of aryl methyl sites for hydroxylation is 4. The van der Waals surface area contributed by atoms with Crippen LogP contribution in [0.25, 0.3) is 10.9 Å². The minimum Gasteiger partial charge on any atom is -0.315 e. The van der Waals surface area contributed by atoms with Crippen molar-refractivity contribution in [1.82, 2.24) is 10.5 Å². The third-order valence-electron chi connectivity index (χ3n) is 4.46. The molecule has 0 bridgehead atoms. The van der Waals surface area contributed by atoms with Crippen LogP contribution in [0, 0.1) is 41.5 Å². The summed E-state index contributed by atoms with van der Waals surface area (Å²) < 4.78 is 0. The molecule has 3 nitrogen and oxygen atoms in total. The van der Waals surface area contributed by atoms with Crippen molar-refractivity contribution in [2.45, 2.75) is 47.0 Å². The van der Waals surface area contributed by atoms with E-state index in [4.69, 9.17) is 16.6 Å². The zero-order valence-corrected chi connectivity index (χ0v) is 13.6. The van der Waals surface area contributed by atoms with E-state index in [-0.39, 0.29) is 0 Å². The Morgan fingerprint density at radius 2 is 1.50 bits per heavy atom. The van der Waals surface area contributed by atoms with E-state index in [1.807, 2.05) is 20.8 Å². The van der Waals surface area contributed by atoms with Crippen molar-refractivity contribution in [2.24, 2.45) is 0 Å². The number of hydrogen-bond acceptors (Lipinski definition) is 3. The molecule has 0 spiro atoms. The predicted molar refractivity (Wildman–Crippen MR) is 83.7 cm³/mol. The number of rotatable bonds is 2. The fourth-order valence-electron chi connectivity index (χ4n) is 2.91. The molecule has 0 fully saturated rings. The summed E-state index contributed by atoms with van der Waals surface area (Å²) in [5, 5.41) is 10.3. The van der Waals surface area contributed by atoms with Crippen molar-refractivity contribution in [3.05, 3.63) is 39.1 Å². The van der Waals surface area contributed by atoms with Gasteiger partial charge in [-0.15, -0.1) is 0 Å². The van der Waals surface area contributed by atoms with Crippen LogP contribution in [0.4, 0.5) is 0 Å². The number of fused-ring (bicyclic) bond motifs is 1. The van der Waals surface area contributed by atoms with E-state index in [9.17, 15) is 5.21 Å². The summed E-state index contributed by atoms with van der Waals surface area (Å²) in [5.41, 5.74) is 10.3. The number of alkyl halides is 1. The molecule has 1 aromatic heterocycles. The molecule has 2 aromatic rings. The second kappa shape index (κ2) is 5.32. The van der Waals surface area contributed by atoms with Crippen LogP contribution in [0.1, 0.15) is 44.6 Å². The molecule has 2 rings (SSSR count). The molecule has 0 aliphatic heterocycles. The molecular formula is C16H21ClN2O. The summed E-state index contributed by atoms with van der Waals surface area (Å²) >= 11 is 6.22. The second-order valence-corrected chi connectivity index (χ2v) is 5.89. The van der Waals surface area contributed by atoms with Crippen LogP contribution in [-0.2, 0) is 0 Å². The lowest BCUT2D eigenvalue weighted by Crippen LogP contribution is -2.15. The first-order valence-corrected chi connectivity index (χ1v) is 7.15. The van der Waals surface area contributed by atoms with E-state index >= 15 is 0 Å². The van der Waals surface area contributed by atoms with Crippen LogP contribution in [0.5, 0.6) is 0 Å². The van der Waals surface area contributed by atoms with Crippen LogP contribution < -0.4 is 5.48 Å². The highest BCUT2D eigenvalue weighted by Crippen LogP contribution is 2.36. The number of benzene rings is 1. The molecule has 108 valence electrons. The molecule has 1 atom stereocenters. The lowest BCUT2D eigenvalue weighted by atomic mass is 9.89. The Morgan fingerprint density at radius 3 is 2.05 bits per heavy atom. The highest BCUT2D eigenvalue weighted by Gasteiger charge is 2.20. The quantitative estimate of drug-likeness (QED) is 0.493. The standard InChI is InChI=1S/C16H21ClN2O/c1-7-8(2)13-11(5)14(16(17)19-20)9(3)10(4)15(13)18-12(7)6/h16,19-20H,1-6H3. The van der Waals surface area contributed by atoms with E-state index in [0.717, 1.165) is 38.9 Å². The maximum Gasteiger partial charge on any atom is 0.131 e. The molecule has 0 saturated carbocycles. The summed E-state index contributed by atoms with van der Waals surface area (Å²) in [6.07, 6.45) is 0. The van der Waals surface area contributed by atoms with E-state index in [0.29, 0.717) is 0 Å². The Bertz CT molecular complexity index is 695. The van der Waals surface area contributed by atoms with Gasteiger partial charge in [-0.25, -0.2) is 0 Å². The lowest BCUT2D eigenvalue weighted by Gasteiger charge is -2.21. The van der Waals surface area contributed by atoms with Gasteiger partial charge in [-0.3, -0.25) is 4.98 Å². The summed E-state index contributed by atoms with van der Waals surface area (Å²) in [6, 6.07) is 0. The summed E-state index contributed by atoms with van der Waals surface area (Å²) in [7, 11) is 0. The van der Waals surface area contributed by atoms with Gasteiger partial charge in [-0.05, 0) is 74.9 Å². The van der Waals surface area contributed by atoms with Gasteiger partial charge in [0.25, 0.3) is 0 Å². The van der Waals surface area contributed by atoms with E-state index in [1.165, 1.54) is 11.1 Å². The maximum atomic E-state index is 9.17. The van der Waals surface area contributed by atoms with E-state index in [2.05, 4.69) is 26.3 Å². The average molecular weight is 293 g/mol. The first-order chi connectivity index (χ1) is 9.31. The highest BCUT2D eigenvalue weighted by molar-refractivity contribution is 6.21. The molecule has 0 saturated heterocycles. The van der Waals surface area contributed by atoms with Gasteiger partial charge in [0, 0.05) is 11.1 Å². The Kier molecular flexibility index (Phi) is 4.05. The molecule has 1 heterocycles. The highest BCUT2D eigenvalue weighted by atomic mass is 35.5. The zero-order valence-electron chi connectivity index (χ0n) is 12.8. The fourth-order valence-corrected chi connectivity index (χ4v) is 3.24. The van der Waals surface area contributed by atoms with Crippen LogP contribution in [0.15, 0.2) is 0 Å². The van der Waals surface area contributed by atoms with Crippen molar-refractivity contribution in [2.75, 3.05) is 0 Å². The number of nitrogens with one attached hydrogen (secondary N) is 1. The minimum absolute atomic E-state index is 0.612. The molecule has 2 N–H and O–H groups in total. The van der Waals surface area contributed by atoms with Crippen LogP contribution in [0.3, 0.4) is 0 Å². The number of halogens is 1. The van der Waals surface area contributed by atoms with Gasteiger partial charge in [-0.2, -0.15) is 5.48 Å². The van der Waals surface area contributed by atoms with Gasteiger partial charge >= 0.3 is 0 Å². The Hall–Kier alpha value is -1.16. The van der Waals surface area contributed by atoms with Crippen molar-refractivity contribution < 1.29 is 5.21 Å². The largest absolute Gasteiger partial charge is 0.315 e. The van der Waals surface area contributed by atoms with Gasteiger partial charge in [0.05, 0.1) is 5.52 Å². The van der Waals surface area contributed by atoms with E-state index < -0.39 is 5.50 Å². The SMILES string of the molecule is Cc1nc2c(C)c(C)c(C(Cl)NO)c(C)c2c(C)c1C. The van der Waals surface area contributed by atoms with Crippen molar-refractivity contribution in [3.63, 3.8) is 0 Å². The monoisotopic (exact) mass is 292 g/mol. The summed E-state index contributed by atoms with van der Waals surface area (Å²) in [4.78, 5) is 4.76. The van der Waals surface area contributed by atoms with Crippen molar-refractivity contribution in [3.8, 4) is 0 Å². The van der Waals surface area contributed by atoms with Crippen molar-refractivity contribution in [1.29, 1.82) is 0 Å². The first kappa shape index (κ1) is 15.2. The van der Waals surface area contributed by atoms with Crippen LogP contribution in [0.2, 0.25) is 0 Å². The third kappa shape index (κ3) is 2.10. The number of hydrogen-bond donors (Lipinski definition) is 2. The third-order valence-corrected chi connectivity index (χ3v) is 4.78.